The van der Waals surface area contributed by atoms with Crippen molar-refractivity contribution in [1.29, 1.82) is 0 Å². The van der Waals surface area contributed by atoms with Crippen LogP contribution in [0.1, 0.15) is 38.0 Å². The summed E-state index contributed by atoms with van der Waals surface area (Å²) in [7, 11) is 0. The highest BCUT2D eigenvalue weighted by molar-refractivity contribution is 5.02. The zero-order valence-corrected chi connectivity index (χ0v) is 9.15. The minimum atomic E-state index is -0.0734. The largest absolute Gasteiger partial charge is 0.468 e. The van der Waals surface area contributed by atoms with E-state index < -0.39 is 0 Å². The lowest BCUT2D eigenvalue weighted by Gasteiger charge is -2.15. The summed E-state index contributed by atoms with van der Waals surface area (Å²) in [4.78, 5) is 0. The molecule has 3 heteroatoms. The van der Waals surface area contributed by atoms with Crippen molar-refractivity contribution in [2.45, 2.75) is 38.3 Å². The van der Waals surface area contributed by atoms with Crippen LogP contribution >= 0.6 is 0 Å². The van der Waals surface area contributed by atoms with E-state index in [0.717, 1.165) is 31.6 Å². The Morgan fingerprint density at radius 3 is 3.07 bits per heavy atom. The zero-order valence-electron chi connectivity index (χ0n) is 9.15. The lowest BCUT2D eigenvalue weighted by atomic mass is 10.1. The topological polar surface area (TPSA) is 45.4 Å². The highest BCUT2D eigenvalue weighted by atomic mass is 16.3. The van der Waals surface area contributed by atoms with E-state index in [1.54, 1.807) is 6.26 Å². The molecule has 0 spiro atoms. The Morgan fingerprint density at radius 1 is 1.60 bits per heavy atom. The van der Waals surface area contributed by atoms with Crippen LogP contribution in [-0.2, 0) is 0 Å². The molecule has 2 N–H and O–H groups in total. The molecule has 0 aliphatic heterocycles. The van der Waals surface area contributed by atoms with Gasteiger partial charge in [-0.15, -0.1) is 0 Å². The molecule has 0 radical (unpaired) electrons. The molecule has 2 rings (SSSR count). The van der Waals surface area contributed by atoms with Crippen LogP contribution in [0.3, 0.4) is 0 Å². The van der Waals surface area contributed by atoms with Crippen molar-refractivity contribution in [1.82, 2.24) is 5.32 Å². The molecule has 1 aliphatic rings. The number of hydrogen-bond donors (Lipinski definition) is 2. The maximum atomic E-state index is 9.40. The molecule has 1 aromatic rings. The first-order valence-corrected chi connectivity index (χ1v) is 5.70. The van der Waals surface area contributed by atoms with E-state index in [1.165, 1.54) is 0 Å². The molecule has 1 heterocycles. The molecule has 0 amide bonds. The fraction of sp³-hybridized carbons (Fsp3) is 0.667. The van der Waals surface area contributed by atoms with Crippen LogP contribution in [0.15, 0.2) is 22.8 Å². The summed E-state index contributed by atoms with van der Waals surface area (Å²) in [6, 6.07) is 4.16. The normalized spacial score (nSPS) is 28.1. The molecule has 3 nitrogen and oxygen atoms in total. The number of nitrogens with one attached hydrogen (secondary N) is 1. The first-order chi connectivity index (χ1) is 7.25. The van der Waals surface area contributed by atoms with Crippen molar-refractivity contribution in [3.63, 3.8) is 0 Å². The van der Waals surface area contributed by atoms with Gasteiger partial charge in [-0.2, -0.15) is 0 Å². The Labute approximate surface area is 90.5 Å². The smallest absolute Gasteiger partial charge is 0.120 e. The molecule has 3 unspecified atom stereocenters. The third-order valence-corrected chi connectivity index (χ3v) is 3.20. The molecule has 1 saturated carbocycles. The standard InChI is InChI=1S/C12H19NO2/c1-9(12-3-2-6-15-12)13-8-10-4-5-11(14)7-10/h2-3,6,9-11,13-14H,4-5,7-8H2,1H3. The SMILES string of the molecule is CC(NCC1CCC(O)C1)c1ccco1. The second kappa shape index (κ2) is 4.81. The maximum absolute atomic E-state index is 9.40. The van der Waals surface area contributed by atoms with Crippen molar-refractivity contribution in [3.05, 3.63) is 24.2 Å². The Hall–Kier alpha value is -0.800. The predicted octanol–water partition coefficient (Wildman–Crippen LogP) is 2.09. The molecule has 1 fully saturated rings. The van der Waals surface area contributed by atoms with Crippen LogP contribution < -0.4 is 5.32 Å². The third kappa shape index (κ3) is 2.83. The summed E-state index contributed by atoms with van der Waals surface area (Å²) in [6.07, 6.45) is 4.67. The fourth-order valence-electron chi connectivity index (χ4n) is 2.22. The summed E-state index contributed by atoms with van der Waals surface area (Å²) in [5, 5.41) is 12.8. The number of aliphatic hydroxyl groups excluding tert-OH is 1. The van der Waals surface area contributed by atoms with Gasteiger partial charge in [-0.3, -0.25) is 0 Å². The molecular weight excluding hydrogens is 190 g/mol. The number of furan rings is 1. The minimum Gasteiger partial charge on any atom is -0.468 e. The lowest BCUT2D eigenvalue weighted by Crippen LogP contribution is -2.24. The van der Waals surface area contributed by atoms with Crippen LogP contribution in [0.25, 0.3) is 0 Å². The van der Waals surface area contributed by atoms with Gasteiger partial charge in [0.2, 0.25) is 0 Å². The number of aliphatic hydroxyl groups is 1. The highest BCUT2D eigenvalue weighted by Crippen LogP contribution is 2.25. The van der Waals surface area contributed by atoms with E-state index in [-0.39, 0.29) is 12.1 Å². The predicted molar refractivity (Wildman–Crippen MR) is 58.5 cm³/mol. The van der Waals surface area contributed by atoms with E-state index in [9.17, 15) is 5.11 Å². The molecule has 0 bridgehead atoms. The first-order valence-electron chi connectivity index (χ1n) is 5.70. The van der Waals surface area contributed by atoms with Gasteiger partial charge in [0.25, 0.3) is 0 Å². The second-order valence-electron chi connectivity index (χ2n) is 4.48. The molecule has 0 aromatic carbocycles. The molecule has 0 saturated heterocycles. The summed E-state index contributed by atoms with van der Waals surface area (Å²) < 4.78 is 5.32. The van der Waals surface area contributed by atoms with E-state index in [2.05, 4.69) is 12.2 Å². The van der Waals surface area contributed by atoms with E-state index >= 15 is 0 Å². The monoisotopic (exact) mass is 209 g/mol. The van der Waals surface area contributed by atoms with Crippen molar-refractivity contribution >= 4 is 0 Å². The average Bonchev–Trinajstić information content (AvgIpc) is 2.84. The quantitative estimate of drug-likeness (QED) is 0.798. The first kappa shape index (κ1) is 10.7. The summed E-state index contributed by atoms with van der Waals surface area (Å²) in [6.45, 7) is 3.07. The van der Waals surface area contributed by atoms with Gasteiger partial charge in [0.15, 0.2) is 0 Å². The van der Waals surface area contributed by atoms with E-state index in [1.807, 2.05) is 12.1 Å². The number of hydrogen-bond acceptors (Lipinski definition) is 3. The molecule has 84 valence electrons. The van der Waals surface area contributed by atoms with Crippen LogP contribution in [-0.4, -0.2) is 17.8 Å². The highest BCUT2D eigenvalue weighted by Gasteiger charge is 2.23. The molecule has 1 aromatic heterocycles. The molecular formula is C12H19NO2. The van der Waals surface area contributed by atoms with Crippen molar-refractivity contribution in [3.8, 4) is 0 Å². The third-order valence-electron chi connectivity index (χ3n) is 3.20. The van der Waals surface area contributed by atoms with Crippen LogP contribution in [0.5, 0.6) is 0 Å². The Balaban J connectivity index is 1.74. The molecule has 3 atom stereocenters. The van der Waals surface area contributed by atoms with Crippen LogP contribution in [0, 0.1) is 5.92 Å². The second-order valence-corrected chi connectivity index (χ2v) is 4.48. The lowest BCUT2D eigenvalue weighted by molar-refractivity contribution is 0.177. The van der Waals surface area contributed by atoms with Crippen molar-refractivity contribution in [2.75, 3.05) is 6.54 Å². The van der Waals surface area contributed by atoms with Crippen molar-refractivity contribution in [2.24, 2.45) is 5.92 Å². The van der Waals surface area contributed by atoms with E-state index in [0.29, 0.717) is 5.92 Å². The minimum absolute atomic E-state index is 0.0734. The van der Waals surface area contributed by atoms with Gasteiger partial charge in [-0.25, -0.2) is 0 Å². The van der Waals surface area contributed by atoms with Crippen molar-refractivity contribution < 1.29 is 9.52 Å². The van der Waals surface area contributed by atoms with Crippen LogP contribution in [0.2, 0.25) is 0 Å². The molecule has 15 heavy (non-hydrogen) atoms. The summed E-state index contributed by atoms with van der Waals surface area (Å²) >= 11 is 0. The van der Waals surface area contributed by atoms with Gasteiger partial charge in [-0.1, -0.05) is 0 Å². The van der Waals surface area contributed by atoms with Crippen LogP contribution in [0.4, 0.5) is 0 Å². The van der Waals surface area contributed by atoms with E-state index in [4.69, 9.17) is 4.42 Å². The zero-order chi connectivity index (χ0) is 10.7. The average molecular weight is 209 g/mol. The number of rotatable bonds is 4. The summed E-state index contributed by atoms with van der Waals surface area (Å²) in [5.41, 5.74) is 0. The van der Waals surface area contributed by atoms with Gasteiger partial charge >= 0.3 is 0 Å². The summed E-state index contributed by atoms with van der Waals surface area (Å²) in [5.74, 6) is 1.60. The molecule has 1 aliphatic carbocycles. The van der Waals surface area contributed by atoms with Gasteiger partial charge in [0.05, 0.1) is 18.4 Å². The Morgan fingerprint density at radius 2 is 2.47 bits per heavy atom. The van der Waals surface area contributed by atoms with Gasteiger partial charge in [-0.05, 0) is 50.8 Å². The fourth-order valence-corrected chi connectivity index (χ4v) is 2.22. The van der Waals surface area contributed by atoms with Gasteiger partial charge in [0, 0.05) is 0 Å². The van der Waals surface area contributed by atoms with Gasteiger partial charge < -0.3 is 14.8 Å². The Kier molecular flexibility index (Phi) is 3.44. The Bertz CT molecular complexity index is 284. The maximum Gasteiger partial charge on any atom is 0.120 e. The van der Waals surface area contributed by atoms with Gasteiger partial charge in [0.1, 0.15) is 5.76 Å².